The number of hydrogen-bond acceptors (Lipinski definition) is 5. The molecule has 1 aliphatic heterocycles. The van der Waals surface area contributed by atoms with E-state index >= 15 is 0 Å². The average Bonchev–Trinajstić information content (AvgIpc) is 2.70. The molecule has 2 aromatic rings. The Morgan fingerprint density at radius 1 is 1.04 bits per heavy atom. The molecule has 0 bridgehead atoms. The molecule has 28 heavy (non-hydrogen) atoms. The van der Waals surface area contributed by atoms with Crippen LogP contribution in [0.4, 0.5) is 5.69 Å². The first-order valence-electron chi connectivity index (χ1n) is 9.51. The van der Waals surface area contributed by atoms with Gasteiger partial charge < -0.3 is 10.4 Å². The second-order valence-corrected chi connectivity index (χ2v) is 7.09. The third kappa shape index (κ3) is 6.14. The molecule has 148 valence electrons. The summed E-state index contributed by atoms with van der Waals surface area (Å²) < 4.78 is 0. The van der Waals surface area contributed by atoms with Crippen molar-refractivity contribution < 1.29 is 14.7 Å². The van der Waals surface area contributed by atoms with E-state index in [2.05, 4.69) is 26.2 Å². The molecular weight excluding hydrogens is 356 g/mol. The molecule has 0 spiro atoms. The molecule has 1 atom stereocenters. The molecule has 1 fully saturated rings. The van der Waals surface area contributed by atoms with Crippen molar-refractivity contribution in [3.8, 4) is 0 Å². The molecule has 3 rings (SSSR count). The number of aliphatic carboxylic acids is 1. The smallest absolute Gasteiger partial charge is 0.308 e. The zero-order chi connectivity index (χ0) is 19.8. The number of amides is 1. The molecule has 1 aromatic heterocycles. The number of nitrogens with one attached hydrogen (secondary N) is 1. The van der Waals surface area contributed by atoms with E-state index in [4.69, 9.17) is 0 Å². The lowest BCUT2D eigenvalue weighted by Crippen LogP contribution is -2.48. The van der Waals surface area contributed by atoms with Crippen molar-refractivity contribution >= 4 is 17.6 Å². The molecule has 1 amide bonds. The Labute approximate surface area is 165 Å². The number of para-hydroxylation sites is 1. The maximum Gasteiger partial charge on any atom is 0.308 e. The van der Waals surface area contributed by atoms with Crippen molar-refractivity contribution in [2.45, 2.75) is 13.0 Å². The number of pyridine rings is 1. The van der Waals surface area contributed by atoms with Gasteiger partial charge in [0.2, 0.25) is 5.91 Å². The molecule has 1 saturated heterocycles. The number of carbonyl (C=O) groups excluding carboxylic acids is 1. The van der Waals surface area contributed by atoms with Gasteiger partial charge in [-0.05, 0) is 23.8 Å². The second-order valence-electron chi connectivity index (χ2n) is 7.09. The van der Waals surface area contributed by atoms with Gasteiger partial charge in [-0.15, -0.1) is 0 Å². The summed E-state index contributed by atoms with van der Waals surface area (Å²) in [5.41, 5.74) is 1.86. The highest BCUT2D eigenvalue weighted by Crippen LogP contribution is 2.14. The van der Waals surface area contributed by atoms with E-state index in [0.717, 1.165) is 32.7 Å². The van der Waals surface area contributed by atoms with E-state index in [0.29, 0.717) is 12.2 Å². The average molecular weight is 382 g/mol. The Balaban J connectivity index is 1.46. The fourth-order valence-corrected chi connectivity index (χ4v) is 3.38. The van der Waals surface area contributed by atoms with Crippen LogP contribution in [0.15, 0.2) is 54.9 Å². The van der Waals surface area contributed by atoms with Crippen LogP contribution in [0.3, 0.4) is 0 Å². The Morgan fingerprint density at radius 2 is 1.75 bits per heavy atom. The summed E-state index contributed by atoms with van der Waals surface area (Å²) in [6, 6.07) is 13.1. The van der Waals surface area contributed by atoms with E-state index in [1.807, 2.05) is 30.5 Å². The van der Waals surface area contributed by atoms with Crippen LogP contribution < -0.4 is 5.32 Å². The molecule has 2 heterocycles. The first-order chi connectivity index (χ1) is 13.6. The van der Waals surface area contributed by atoms with E-state index in [9.17, 15) is 14.7 Å². The van der Waals surface area contributed by atoms with Gasteiger partial charge in [0.1, 0.15) is 0 Å². The van der Waals surface area contributed by atoms with Gasteiger partial charge in [0, 0.05) is 63.8 Å². The normalized spacial score (nSPS) is 16.4. The zero-order valence-electron chi connectivity index (χ0n) is 15.8. The Bertz CT molecular complexity index is 762. The topological polar surface area (TPSA) is 85.8 Å². The summed E-state index contributed by atoms with van der Waals surface area (Å²) in [6.45, 7) is 4.57. The lowest BCUT2D eigenvalue weighted by molar-refractivity contribution is -0.144. The number of carboxylic acids is 1. The first kappa shape index (κ1) is 20.0. The quantitative estimate of drug-likeness (QED) is 0.726. The zero-order valence-corrected chi connectivity index (χ0v) is 15.8. The van der Waals surface area contributed by atoms with E-state index < -0.39 is 11.9 Å². The van der Waals surface area contributed by atoms with E-state index in [-0.39, 0.29) is 12.3 Å². The predicted octanol–water partition coefficient (Wildman–Crippen LogP) is 1.93. The second kappa shape index (κ2) is 9.96. The standard InChI is InChI=1S/C21H26N4O3/c26-20(23-19-6-2-1-3-7-19)13-18(21(27)28)16-25-11-9-24(10-12-25)15-17-5-4-8-22-14-17/h1-8,14,18H,9-13,15-16H2,(H,23,26)(H,27,28)/t18-/m0/s1. The summed E-state index contributed by atoms with van der Waals surface area (Å²) in [5.74, 6) is -1.91. The van der Waals surface area contributed by atoms with Gasteiger partial charge in [0.25, 0.3) is 0 Å². The monoisotopic (exact) mass is 382 g/mol. The minimum absolute atomic E-state index is 0.0277. The van der Waals surface area contributed by atoms with Crippen molar-refractivity contribution in [2.24, 2.45) is 5.92 Å². The maximum absolute atomic E-state index is 12.2. The van der Waals surface area contributed by atoms with Crippen LogP contribution in [0.25, 0.3) is 0 Å². The largest absolute Gasteiger partial charge is 0.481 e. The lowest BCUT2D eigenvalue weighted by atomic mass is 10.0. The van der Waals surface area contributed by atoms with Gasteiger partial charge in [-0.3, -0.25) is 24.4 Å². The van der Waals surface area contributed by atoms with Crippen molar-refractivity contribution in [1.29, 1.82) is 0 Å². The number of carboxylic acid groups (broad SMARTS) is 1. The molecule has 0 saturated carbocycles. The number of hydrogen-bond donors (Lipinski definition) is 2. The fraction of sp³-hybridized carbons (Fsp3) is 0.381. The van der Waals surface area contributed by atoms with Crippen molar-refractivity contribution in [1.82, 2.24) is 14.8 Å². The van der Waals surface area contributed by atoms with Gasteiger partial charge >= 0.3 is 5.97 Å². The summed E-state index contributed by atoms with van der Waals surface area (Å²) in [5, 5.41) is 12.3. The Morgan fingerprint density at radius 3 is 2.39 bits per heavy atom. The van der Waals surface area contributed by atoms with Crippen LogP contribution in [-0.2, 0) is 16.1 Å². The van der Waals surface area contributed by atoms with Crippen LogP contribution in [0, 0.1) is 5.92 Å². The molecule has 2 N–H and O–H groups in total. The molecule has 0 radical (unpaired) electrons. The van der Waals surface area contributed by atoms with Crippen LogP contribution in [0.5, 0.6) is 0 Å². The number of anilines is 1. The number of aromatic nitrogens is 1. The molecule has 7 heteroatoms. The van der Waals surface area contributed by atoms with Gasteiger partial charge in [0.15, 0.2) is 0 Å². The molecule has 1 aromatic carbocycles. The maximum atomic E-state index is 12.2. The number of rotatable bonds is 8. The Kier molecular flexibility index (Phi) is 7.11. The minimum atomic E-state index is -0.930. The van der Waals surface area contributed by atoms with Crippen molar-refractivity contribution in [3.05, 3.63) is 60.4 Å². The highest BCUT2D eigenvalue weighted by Gasteiger charge is 2.26. The number of benzene rings is 1. The summed E-state index contributed by atoms with van der Waals surface area (Å²) >= 11 is 0. The van der Waals surface area contributed by atoms with Gasteiger partial charge in [-0.2, -0.15) is 0 Å². The molecule has 0 unspecified atom stereocenters. The summed E-state index contributed by atoms with van der Waals surface area (Å²) in [6.07, 6.45) is 3.61. The number of nitrogens with zero attached hydrogens (tertiary/aromatic N) is 3. The van der Waals surface area contributed by atoms with Gasteiger partial charge in [-0.1, -0.05) is 24.3 Å². The van der Waals surface area contributed by atoms with Crippen LogP contribution >= 0.6 is 0 Å². The predicted molar refractivity (Wildman–Crippen MR) is 107 cm³/mol. The number of carbonyl (C=O) groups is 2. The first-order valence-corrected chi connectivity index (χ1v) is 9.51. The van der Waals surface area contributed by atoms with Gasteiger partial charge in [-0.25, -0.2) is 0 Å². The molecule has 0 aliphatic carbocycles. The molecule has 1 aliphatic rings. The third-order valence-electron chi connectivity index (χ3n) is 4.91. The summed E-state index contributed by atoms with van der Waals surface area (Å²) in [4.78, 5) is 32.5. The molecule has 7 nitrogen and oxygen atoms in total. The SMILES string of the molecule is O=C(C[C@@H](CN1CCN(Cc2cccnc2)CC1)C(=O)O)Nc1ccccc1. The fourth-order valence-electron chi connectivity index (χ4n) is 3.38. The summed E-state index contributed by atoms with van der Waals surface area (Å²) in [7, 11) is 0. The van der Waals surface area contributed by atoms with Crippen LogP contribution in [0.1, 0.15) is 12.0 Å². The van der Waals surface area contributed by atoms with Crippen molar-refractivity contribution in [3.63, 3.8) is 0 Å². The third-order valence-corrected chi connectivity index (χ3v) is 4.91. The van der Waals surface area contributed by atoms with Crippen molar-refractivity contribution in [2.75, 3.05) is 38.0 Å². The Hall–Kier alpha value is -2.77. The van der Waals surface area contributed by atoms with Crippen LogP contribution in [-0.4, -0.2) is 64.5 Å². The van der Waals surface area contributed by atoms with Gasteiger partial charge in [0.05, 0.1) is 5.92 Å². The minimum Gasteiger partial charge on any atom is -0.481 e. The van der Waals surface area contributed by atoms with Crippen LogP contribution in [0.2, 0.25) is 0 Å². The highest BCUT2D eigenvalue weighted by atomic mass is 16.4. The lowest BCUT2D eigenvalue weighted by Gasteiger charge is -2.35. The van der Waals surface area contributed by atoms with E-state index in [1.54, 1.807) is 18.3 Å². The molecular formula is C21H26N4O3. The van der Waals surface area contributed by atoms with E-state index in [1.165, 1.54) is 5.56 Å². The highest BCUT2D eigenvalue weighted by molar-refractivity contribution is 5.93. The number of piperazine rings is 1.